The van der Waals surface area contributed by atoms with Crippen molar-refractivity contribution in [2.75, 3.05) is 0 Å². The number of hydrogen-bond acceptors (Lipinski definition) is 2. The topological polar surface area (TPSA) is 58.2 Å². The predicted octanol–water partition coefficient (Wildman–Crippen LogP) is 4.64. The van der Waals surface area contributed by atoms with Gasteiger partial charge in [0.1, 0.15) is 0 Å². The maximum absolute atomic E-state index is 12.8. The molecule has 0 bridgehead atoms. The molecular weight excluding hydrogens is 634 g/mol. The molecular formula is C28H36N2O2Sn2. The minimum atomic E-state index is -2.15. The summed E-state index contributed by atoms with van der Waals surface area (Å²) in [6.45, 7) is 0.945. The molecule has 0 saturated heterocycles. The summed E-state index contributed by atoms with van der Waals surface area (Å²) in [6.07, 6.45) is 0. The van der Waals surface area contributed by atoms with Crippen molar-refractivity contribution in [1.82, 2.24) is 10.6 Å². The number of carbonyl (C=O) groups excluding carboxylic acids is 2. The van der Waals surface area contributed by atoms with Crippen LogP contribution in [0.3, 0.4) is 0 Å². The Hall–Kier alpha value is -1.80. The number of benzene rings is 3. The van der Waals surface area contributed by atoms with E-state index >= 15 is 0 Å². The molecule has 0 aliphatic heterocycles. The Morgan fingerprint density at radius 2 is 0.971 bits per heavy atom. The van der Waals surface area contributed by atoms with Crippen molar-refractivity contribution in [3.63, 3.8) is 0 Å². The Balaban J connectivity index is 1.62. The van der Waals surface area contributed by atoms with Gasteiger partial charge in [0.2, 0.25) is 0 Å². The zero-order valence-corrected chi connectivity index (χ0v) is 26.9. The van der Waals surface area contributed by atoms with Crippen LogP contribution in [0.2, 0.25) is 29.6 Å². The Kier molecular flexibility index (Phi) is 8.90. The van der Waals surface area contributed by atoms with Gasteiger partial charge in [-0.1, -0.05) is 0 Å². The molecule has 0 aromatic heterocycles. The van der Waals surface area contributed by atoms with Crippen LogP contribution < -0.4 is 17.8 Å². The standard InChI is InChI=1S/C22H18N2O2.6CH3.2Sn/c25-21(23-15-17-8-3-1-4-9-17)19-12-7-13-20(14-19)22(26)24-16-18-10-5-2-6-11-18;;;;;;;;/h1-3,5,7-14H,15-16H2,(H,23,25)(H,24,26);6*1H3;;. The van der Waals surface area contributed by atoms with E-state index in [4.69, 9.17) is 0 Å². The number of hydrogen-bond donors (Lipinski definition) is 2. The quantitative estimate of drug-likeness (QED) is 0.344. The number of nitrogens with one attached hydrogen (secondary N) is 2. The summed E-state index contributed by atoms with van der Waals surface area (Å²) < 4.78 is 2.88. The second-order valence-corrected chi connectivity index (χ2v) is 39.8. The second kappa shape index (κ2) is 11.3. The van der Waals surface area contributed by atoms with Gasteiger partial charge in [0.05, 0.1) is 0 Å². The first kappa shape index (κ1) is 26.8. The van der Waals surface area contributed by atoms with Crippen LogP contribution in [0.15, 0.2) is 72.8 Å². The fraction of sp³-hybridized carbons (Fsp3) is 0.286. The first-order valence-electron chi connectivity index (χ1n) is 11.8. The van der Waals surface area contributed by atoms with Crippen LogP contribution in [0, 0.1) is 0 Å². The van der Waals surface area contributed by atoms with Gasteiger partial charge in [0, 0.05) is 0 Å². The Morgan fingerprint density at radius 1 is 0.588 bits per heavy atom. The Morgan fingerprint density at radius 3 is 1.35 bits per heavy atom. The van der Waals surface area contributed by atoms with Gasteiger partial charge in [0.25, 0.3) is 0 Å². The van der Waals surface area contributed by atoms with Gasteiger partial charge in [-0.3, -0.25) is 0 Å². The first-order chi connectivity index (χ1) is 15.9. The summed E-state index contributed by atoms with van der Waals surface area (Å²) in [5.74, 6) is -0.352. The summed E-state index contributed by atoms with van der Waals surface area (Å²) in [7, 11) is 0. The molecule has 3 aromatic carbocycles. The van der Waals surface area contributed by atoms with Crippen LogP contribution in [0.4, 0.5) is 0 Å². The first-order valence-corrected chi connectivity index (χ1v) is 31.8. The molecule has 34 heavy (non-hydrogen) atoms. The van der Waals surface area contributed by atoms with E-state index in [1.165, 1.54) is 7.16 Å². The summed E-state index contributed by atoms with van der Waals surface area (Å²) in [4.78, 5) is 39.8. The van der Waals surface area contributed by atoms with E-state index in [1.54, 1.807) is 24.3 Å². The summed E-state index contributed by atoms with van der Waals surface area (Å²) >= 11 is -4.30. The van der Waals surface area contributed by atoms with Crippen molar-refractivity contribution in [3.8, 4) is 0 Å². The Labute approximate surface area is 212 Å². The van der Waals surface area contributed by atoms with Crippen molar-refractivity contribution < 1.29 is 9.59 Å². The molecule has 3 rings (SSSR count). The molecule has 0 atom stereocenters. The van der Waals surface area contributed by atoms with E-state index in [0.29, 0.717) is 24.2 Å². The molecule has 0 unspecified atom stereocenters. The van der Waals surface area contributed by atoms with E-state index < -0.39 is 36.8 Å². The maximum atomic E-state index is 12.8. The number of rotatable bonds is 8. The SMILES string of the molecule is [CH3][Sn]([CH3])([CH3])[c]1cccc(CNC(=O)c2cccc(C(=O)NCc3ccc[c]([Sn]([CH3])([CH3])[CH3])c3)c2)c1. The van der Waals surface area contributed by atoms with Crippen LogP contribution in [0.25, 0.3) is 0 Å². The molecule has 0 fully saturated rings. The summed E-state index contributed by atoms with van der Waals surface area (Å²) in [5, 5.41) is 5.99. The molecule has 0 spiro atoms. The Bertz CT molecular complexity index is 1090. The van der Waals surface area contributed by atoms with E-state index in [0.717, 1.165) is 11.1 Å². The van der Waals surface area contributed by atoms with E-state index in [1.807, 2.05) is 12.1 Å². The second-order valence-electron chi connectivity index (χ2n) is 10.8. The molecule has 0 aliphatic carbocycles. The predicted molar refractivity (Wildman–Crippen MR) is 148 cm³/mol. The van der Waals surface area contributed by atoms with Crippen molar-refractivity contribution in [2.45, 2.75) is 42.7 Å². The van der Waals surface area contributed by atoms with E-state index in [9.17, 15) is 9.59 Å². The van der Waals surface area contributed by atoms with Gasteiger partial charge in [-0.15, -0.1) is 0 Å². The summed E-state index contributed by atoms with van der Waals surface area (Å²) in [5.41, 5.74) is 3.19. The molecule has 0 aliphatic rings. The molecule has 0 radical (unpaired) electrons. The van der Waals surface area contributed by atoms with Crippen molar-refractivity contribution in [1.29, 1.82) is 0 Å². The fourth-order valence-corrected chi connectivity index (χ4v) is 10.6. The van der Waals surface area contributed by atoms with Crippen molar-refractivity contribution >= 4 is 55.7 Å². The average molecular weight is 670 g/mol. The molecule has 2 amide bonds. The molecule has 6 heteroatoms. The zero-order valence-electron chi connectivity index (χ0n) is 21.2. The normalized spacial score (nSPS) is 11.7. The average Bonchev–Trinajstić information content (AvgIpc) is 2.80. The molecule has 0 saturated carbocycles. The van der Waals surface area contributed by atoms with Gasteiger partial charge >= 0.3 is 214 Å². The van der Waals surface area contributed by atoms with Gasteiger partial charge in [0.15, 0.2) is 0 Å². The van der Waals surface area contributed by atoms with Gasteiger partial charge < -0.3 is 0 Å². The fourth-order valence-electron chi connectivity index (χ4n) is 3.67. The number of amides is 2. The third-order valence-corrected chi connectivity index (χ3v) is 17.5. The van der Waals surface area contributed by atoms with Crippen molar-refractivity contribution in [2.24, 2.45) is 0 Å². The minimum absolute atomic E-state index is 0.176. The van der Waals surface area contributed by atoms with E-state index in [-0.39, 0.29) is 11.8 Å². The van der Waals surface area contributed by atoms with Crippen LogP contribution in [0.5, 0.6) is 0 Å². The zero-order chi connectivity index (χ0) is 24.9. The third kappa shape index (κ3) is 7.60. The molecule has 3 aromatic rings. The molecule has 4 nitrogen and oxygen atoms in total. The van der Waals surface area contributed by atoms with Crippen LogP contribution in [-0.2, 0) is 13.1 Å². The van der Waals surface area contributed by atoms with Gasteiger partial charge in [-0.25, -0.2) is 0 Å². The molecule has 0 heterocycles. The van der Waals surface area contributed by atoms with Crippen molar-refractivity contribution in [3.05, 3.63) is 95.1 Å². The van der Waals surface area contributed by atoms with Crippen LogP contribution in [-0.4, -0.2) is 48.6 Å². The van der Waals surface area contributed by atoms with E-state index in [2.05, 4.69) is 76.7 Å². The van der Waals surface area contributed by atoms with Crippen LogP contribution in [0.1, 0.15) is 31.8 Å². The van der Waals surface area contributed by atoms with Crippen LogP contribution >= 0.6 is 0 Å². The van der Waals surface area contributed by atoms with Gasteiger partial charge in [-0.2, -0.15) is 0 Å². The molecule has 2 N–H and O–H groups in total. The third-order valence-electron chi connectivity index (χ3n) is 5.88. The molecule has 178 valence electrons. The monoisotopic (exact) mass is 672 g/mol. The number of carbonyl (C=O) groups is 2. The van der Waals surface area contributed by atoms with Gasteiger partial charge in [-0.05, 0) is 0 Å². The summed E-state index contributed by atoms with van der Waals surface area (Å²) in [6, 6.07) is 24.0.